The number of methoxy groups -OCH3 is 2. The Morgan fingerprint density at radius 2 is 2.18 bits per heavy atom. The zero-order valence-corrected chi connectivity index (χ0v) is 9.37. The summed E-state index contributed by atoms with van der Waals surface area (Å²) in [6.45, 7) is 0. The Labute approximate surface area is 96.5 Å². The number of esters is 1. The lowest BCUT2D eigenvalue weighted by Gasteiger charge is -2.11. The molecule has 0 radical (unpaired) electrons. The van der Waals surface area contributed by atoms with Crippen molar-refractivity contribution in [3.8, 4) is 5.88 Å². The minimum Gasteiger partial charge on any atom is -0.481 e. The quantitative estimate of drug-likeness (QED) is 0.811. The van der Waals surface area contributed by atoms with Crippen molar-refractivity contribution in [3.05, 3.63) is 17.3 Å². The van der Waals surface area contributed by atoms with E-state index in [2.05, 4.69) is 9.72 Å². The average Bonchev–Trinajstić information content (AvgIpc) is 2.31. The highest BCUT2D eigenvalue weighted by atomic mass is 19.3. The Morgan fingerprint density at radius 1 is 1.53 bits per heavy atom. The molecular weight excluding hydrogens is 234 g/mol. The van der Waals surface area contributed by atoms with Gasteiger partial charge in [-0.05, 0) is 0 Å². The molecule has 7 heteroatoms. The van der Waals surface area contributed by atoms with Crippen LogP contribution in [-0.4, -0.2) is 25.2 Å². The second-order valence-corrected chi connectivity index (χ2v) is 3.17. The number of hydrogen-bond acceptors (Lipinski definition) is 5. The third-order valence-electron chi connectivity index (χ3n) is 2.13. The summed E-state index contributed by atoms with van der Waals surface area (Å²) in [6, 6.07) is 1.04. The summed E-state index contributed by atoms with van der Waals surface area (Å²) in [7, 11) is 2.47. The van der Waals surface area contributed by atoms with E-state index in [4.69, 9.17) is 10.5 Å². The van der Waals surface area contributed by atoms with Gasteiger partial charge in [-0.3, -0.25) is 4.79 Å². The summed E-state index contributed by atoms with van der Waals surface area (Å²) in [5.74, 6) is -0.633. The molecule has 1 rings (SSSR count). The van der Waals surface area contributed by atoms with Crippen molar-refractivity contribution in [1.82, 2.24) is 4.98 Å². The average molecular weight is 246 g/mol. The molecule has 2 N–H and O–H groups in total. The third kappa shape index (κ3) is 3.02. The molecule has 0 unspecified atom stereocenters. The molecule has 1 aromatic heterocycles. The van der Waals surface area contributed by atoms with Crippen molar-refractivity contribution in [3.63, 3.8) is 0 Å². The van der Waals surface area contributed by atoms with E-state index < -0.39 is 18.0 Å². The molecule has 0 spiro atoms. The molecule has 1 heterocycles. The minimum absolute atomic E-state index is 0.0199. The van der Waals surface area contributed by atoms with Gasteiger partial charge in [-0.2, -0.15) is 0 Å². The largest absolute Gasteiger partial charge is 0.481 e. The lowest BCUT2D eigenvalue weighted by atomic mass is 10.1. The molecule has 0 aromatic carbocycles. The molecule has 5 nitrogen and oxygen atoms in total. The van der Waals surface area contributed by atoms with Gasteiger partial charge in [-0.1, -0.05) is 0 Å². The van der Waals surface area contributed by atoms with Crippen LogP contribution in [0.4, 0.5) is 14.5 Å². The fraction of sp³-hybridized carbons (Fsp3) is 0.400. The standard InChI is InChI=1S/C10H12F2N2O3/c1-16-7-3-5(10(11)12)9(13)6(14-7)4-8(15)17-2/h3,10H,4,13H2,1-2H3. The van der Waals surface area contributed by atoms with E-state index in [1.165, 1.54) is 14.2 Å². The number of hydrogen-bond donors (Lipinski definition) is 1. The van der Waals surface area contributed by atoms with E-state index in [-0.39, 0.29) is 23.7 Å². The lowest BCUT2D eigenvalue weighted by molar-refractivity contribution is -0.139. The first-order chi connectivity index (χ1) is 7.99. The molecule has 0 aliphatic rings. The molecule has 0 saturated heterocycles. The van der Waals surface area contributed by atoms with Gasteiger partial charge < -0.3 is 15.2 Å². The maximum atomic E-state index is 12.7. The maximum absolute atomic E-state index is 12.7. The van der Waals surface area contributed by atoms with Crippen LogP contribution < -0.4 is 10.5 Å². The van der Waals surface area contributed by atoms with Gasteiger partial charge in [0.05, 0.1) is 32.0 Å². The Kier molecular flexibility index (Phi) is 4.19. The molecule has 0 atom stereocenters. The number of nitrogen functional groups attached to an aromatic ring is 1. The number of carbonyl (C=O) groups is 1. The van der Waals surface area contributed by atoms with Crippen LogP contribution in [0.1, 0.15) is 17.7 Å². The van der Waals surface area contributed by atoms with Crippen LogP contribution in [0.25, 0.3) is 0 Å². The second kappa shape index (κ2) is 5.42. The highest BCUT2D eigenvalue weighted by Crippen LogP contribution is 2.30. The monoisotopic (exact) mass is 246 g/mol. The number of anilines is 1. The highest BCUT2D eigenvalue weighted by molar-refractivity contribution is 5.74. The third-order valence-corrected chi connectivity index (χ3v) is 2.13. The van der Waals surface area contributed by atoms with E-state index in [0.29, 0.717) is 0 Å². The molecule has 94 valence electrons. The Balaban J connectivity index is 3.19. The number of nitrogens with zero attached hydrogens (tertiary/aromatic N) is 1. The summed E-state index contributed by atoms with van der Waals surface area (Å²) >= 11 is 0. The number of carbonyl (C=O) groups excluding carboxylic acids is 1. The lowest BCUT2D eigenvalue weighted by Crippen LogP contribution is -2.11. The normalized spacial score (nSPS) is 10.4. The number of pyridine rings is 1. The Hall–Kier alpha value is -1.92. The smallest absolute Gasteiger partial charge is 0.311 e. The summed E-state index contributed by atoms with van der Waals surface area (Å²) in [6.07, 6.45) is -3.04. The molecule has 0 aliphatic carbocycles. The second-order valence-electron chi connectivity index (χ2n) is 3.17. The van der Waals surface area contributed by atoms with Crippen LogP contribution >= 0.6 is 0 Å². The van der Waals surface area contributed by atoms with Crippen molar-refractivity contribution in [2.24, 2.45) is 0 Å². The summed E-state index contributed by atoms with van der Waals surface area (Å²) in [5.41, 5.74) is 4.90. The van der Waals surface area contributed by atoms with Gasteiger partial charge in [-0.25, -0.2) is 13.8 Å². The van der Waals surface area contributed by atoms with E-state index in [1.807, 2.05) is 0 Å². The molecule has 0 bridgehead atoms. The topological polar surface area (TPSA) is 74.4 Å². The van der Waals surface area contributed by atoms with Crippen LogP contribution in [0.2, 0.25) is 0 Å². The fourth-order valence-corrected chi connectivity index (χ4v) is 1.23. The van der Waals surface area contributed by atoms with Gasteiger partial charge >= 0.3 is 5.97 Å². The summed E-state index contributed by atoms with van der Waals surface area (Å²) in [5, 5.41) is 0. The number of rotatable bonds is 4. The SMILES string of the molecule is COC(=O)Cc1nc(OC)cc(C(F)F)c1N. The van der Waals surface area contributed by atoms with Gasteiger partial charge in [0.15, 0.2) is 0 Å². The van der Waals surface area contributed by atoms with Gasteiger partial charge in [-0.15, -0.1) is 0 Å². The van der Waals surface area contributed by atoms with Gasteiger partial charge in [0.25, 0.3) is 6.43 Å². The molecule has 17 heavy (non-hydrogen) atoms. The van der Waals surface area contributed by atoms with Crippen molar-refractivity contribution >= 4 is 11.7 Å². The molecule has 0 fully saturated rings. The number of halogens is 2. The van der Waals surface area contributed by atoms with Crippen molar-refractivity contribution in [2.75, 3.05) is 20.0 Å². The molecule has 0 saturated carbocycles. The highest BCUT2D eigenvalue weighted by Gasteiger charge is 2.19. The van der Waals surface area contributed by atoms with Gasteiger partial charge in [0.1, 0.15) is 0 Å². The van der Waals surface area contributed by atoms with Crippen LogP contribution in [0, 0.1) is 0 Å². The zero-order chi connectivity index (χ0) is 13.0. The number of aromatic nitrogens is 1. The minimum atomic E-state index is -2.76. The van der Waals surface area contributed by atoms with Crippen LogP contribution in [0.15, 0.2) is 6.07 Å². The van der Waals surface area contributed by atoms with Crippen molar-refractivity contribution in [1.29, 1.82) is 0 Å². The van der Waals surface area contributed by atoms with E-state index in [9.17, 15) is 13.6 Å². The first-order valence-corrected chi connectivity index (χ1v) is 4.67. The summed E-state index contributed by atoms with van der Waals surface area (Å²) in [4.78, 5) is 14.9. The predicted molar refractivity (Wildman–Crippen MR) is 55.9 cm³/mol. The van der Waals surface area contributed by atoms with Crippen LogP contribution in [-0.2, 0) is 16.0 Å². The van der Waals surface area contributed by atoms with Crippen LogP contribution in [0.3, 0.4) is 0 Å². The van der Waals surface area contributed by atoms with Crippen LogP contribution in [0.5, 0.6) is 5.88 Å². The van der Waals surface area contributed by atoms with E-state index in [0.717, 1.165) is 6.07 Å². The Morgan fingerprint density at radius 3 is 2.65 bits per heavy atom. The molecule has 1 aromatic rings. The van der Waals surface area contributed by atoms with E-state index in [1.54, 1.807) is 0 Å². The van der Waals surface area contributed by atoms with Crippen molar-refractivity contribution < 1.29 is 23.0 Å². The number of alkyl halides is 2. The van der Waals surface area contributed by atoms with Crippen molar-refractivity contribution in [2.45, 2.75) is 12.8 Å². The zero-order valence-electron chi connectivity index (χ0n) is 9.37. The molecule has 0 aliphatic heterocycles. The number of nitrogens with two attached hydrogens (primary N) is 1. The predicted octanol–water partition coefficient (Wildman–Crippen LogP) is 1.33. The number of ether oxygens (including phenoxy) is 2. The first-order valence-electron chi connectivity index (χ1n) is 4.67. The van der Waals surface area contributed by atoms with Gasteiger partial charge in [0.2, 0.25) is 5.88 Å². The first kappa shape index (κ1) is 13.1. The maximum Gasteiger partial charge on any atom is 0.311 e. The summed E-state index contributed by atoms with van der Waals surface area (Å²) < 4.78 is 34.5. The fourth-order valence-electron chi connectivity index (χ4n) is 1.23. The van der Waals surface area contributed by atoms with E-state index >= 15 is 0 Å². The van der Waals surface area contributed by atoms with Gasteiger partial charge in [0, 0.05) is 11.6 Å². The molecule has 0 amide bonds. The molecular formula is C10H12F2N2O3. The Bertz CT molecular complexity index is 424.